The third-order valence-electron chi connectivity index (χ3n) is 2.57. The molecule has 0 atom stereocenters. The van der Waals surface area contributed by atoms with Gasteiger partial charge in [0.15, 0.2) is 0 Å². The minimum atomic E-state index is 0.479. The standard InChI is InChI=1S/C12H16N4O/c1-16(2)11-5-4-8(17-3)6-9(11)10-7-12(13)15-14-10/h4-7H,1-3H3,(H3,13,14,15). The zero-order chi connectivity index (χ0) is 12.4. The van der Waals surface area contributed by atoms with E-state index in [-0.39, 0.29) is 0 Å². The number of anilines is 2. The van der Waals surface area contributed by atoms with Crippen LogP contribution in [-0.4, -0.2) is 31.4 Å². The Bertz CT molecular complexity index is 519. The summed E-state index contributed by atoms with van der Waals surface area (Å²) in [6.07, 6.45) is 0. The van der Waals surface area contributed by atoms with Gasteiger partial charge >= 0.3 is 0 Å². The Hall–Kier alpha value is -2.17. The van der Waals surface area contributed by atoms with Crippen LogP contribution in [0, 0.1) is 0 Å². The molecule has 0 radical (unpaired) electrons. The summed E-state index contributed by atoms with van der Waals surface area (Å²) in [5.74, 6) is 1.28. The molecule has 90 valence electrons. The lowest BCUT2D eigenvalue weighted by Gasteiger charge is -2.17. The molecule has 17 heavy (non-hydrogen) atoms. The Labute approximate surface area is 100 Å². The maximum absolute atomic E-state index is 5.63. The van der Waals surface area contributed by atoms with E-state index < -0.39 is 0 Å². The molecule has 0 saturated heterocycles. The Kier molecular flexibility index (Phi) is 2.91. The number of aromatic amines is 1. The number of hydrogen-bond donors (Lipinski definition) is 2. The van der Waals surface area contributed by atoms with Crippen LogP contribution in [0.3, 0.4) is 0 Å². The fourth-order valence-electron chi connectivity index (χ4n) is 1.72. The van der Waals surface area contributed by atoms with Gasteiger partial charge in [-0.25, -0.2) is 0 Å². The van der Waals surface area contributed by atoms with Crippen molar-refractivity contribution >= 4 is 11.5 Å². The molecule has 3 N–H and O–H groups in total. The van der Waals surface area contributed by atoms with E-state index in [2.05, 4.69) is 10.2 Å². The SMILES string of the molecule is COc1ccc(N(C)C)c(-c2cc(N)n[nH]2)c1. The van der Waals surface area contributed by atoms with E-state index in [9.17, 15) is 0 Å². The first-order valence-corrected chi connectivity index (χ1v) is 5.28. The topological polar surface area (TPSA) is 67.2 Å². The van der Waals surface area contributed by atoms with Crippen molar-refractivity contribution in [2.75, 3.05) is 31.8 Å². The van der Waals surface area contributed by atoms with Gasteiger partial charge < -0.3 is 15.4 Å². The molecule has 1 heterocycles. The van der Waals surface area contributed by atoms with Gasteiger partial charge in [-0.05, 0) is 18.2 Å². The number of hydrogen-bond acceptors (Lipinski definition) is 4. The summed E-state index contributed by atoms with van der Waals surface area (Å²) in [7, 11) is 5.63. The van der Waals surface area contributed by atoms with Crippen LogP contribution in [0.2, 0.25) is 0 Å². The van der Waals surface area contributed by atoms with Crippen molar-refractivity contribution in [2.24, 2.45) is 0 Å². The zero-order valence-electron chi connectivity index (χ0n) is 10.2. The summed E-state index contributed by atoms with van der Waals surface area (Å²) < 4.78 is 5.23. The first kappa shape index (κ1) is 11.3. The monoisotopic (exact) mass is 232 g/mol. The highest BCUT2D eigenvalue weighted by atomic mass is 16.5. The zero-order valence-corrected chi connectivity index (χ0v) is 10.2. The summed E-state index contributed by atoms with van der Waals surface area (Å²) in [5.41, 5.74) is 8.60. The molecule has 2 aromatic rings. The molecule has 0 aliphatic rings. The van der Waals surface area contributed by atoms with E-state index in [0.29, 0.717) is 5.82 Å². The highest BCUT2D eigenvalue weighted by Gasteiger charge is 2.10. The van der Waals surface area contributed by atoms with E-state index in [1.54, 1.807) is 7.11 Å². The number of H-pyrrole nitrogens is 1. The normalized spacial score (nSPS) is 10.3. The van der Waals surface area contributed by atoms with Crippen LogP contribution in [-0.2, 0) is 0 Å². The predicted octanol–water partition coefficient (Wildman–Crippen LogP) is 1.73. The maximum Gasteiger partial charge on any atom is 0.145 e. The van der Waals surface area contributed by atoms with Crippen LogP contribution >= 0.6 is 0 Å². The number of rotatable bonds is 3. The van der Waals surface area contributed by atoms with E-state index in [1.807, 2.05) is 43.3 Å². The largest absolute Gasteiger partial charge is 0.497 e. The molecule has 1 aromatic heterocycles. The molecule has 0 aliphatic heterocycles. The summed E-state index contributed by atoms with van der Waals surface area (Å²) in [6.45, 7) is 0. The molecule has 0 unspecified atom stereocenters. The van der Waals surface area contributed by atoms with Crippen molar-refractivity contribution in [3.8, 4) is 17.0 Å². The Balaban J connectivity index is 2.56. The average molecular weight is 232 g/mol. The molecule has 0 spiro atoms. The van der Waals surface area contributed by atoms with Gasteiger partial charge in [0.25, 0.3) is 0 Å². The first-order chi connectivity index (χ1) is 8.11. The molecule has 0 aliphatic carbocycles. The molecule has 0 saturated carbocycles. The lowest BCUT2D eigenvalue weighted by Crippen LogP contribution is -2.10. The summed E-state index contributed by atoms with van der Waals surface area (Å²) >= 11 is 0. The number of nitrogen functional groups attached to an aromatic ring is 1. The van der Waals surface area contributed by atoms with E-state index in [4.69, 9.17) is 10.5 Å². The van der Waals surface area contributed by atoms with Gasteiger partial charge in [-0.2, -0.15) is 5.10 Å². The highest BCUT2D eigenvalue weighted by molar-refractivity contribution is 5.78. The number of nitrogens with two attached hydrogens (primary N) is 1. The molecule has 5 heteroatoms. The first-order valence-electron chi connectivity index (χ1n) is 5.28. The Morgan fingerprint density at radius 2 is 2.06 bits per heavy atom. The number of aromatic nitrogens is 2. The van der Waals surface area contributed by atoms with Gasteiger partial charge in [0, 0.05) is 31.4 Å². The minimum absolute atomic E-state index is 0.479. The number of benzene rings is 1. The second kappa shape index (κ2) is 4.37. The van der Waals surface area contributed by atoms with Gasteiger partial charge in [-0.3, -0.25) is 5.10 Å². The van der Waals surface area contributed by atoms with Crippen LogP contribution in [0.25, 0.3) is 11.3 Å². The van der Waals surface area contributed by atoms with Gasteiger partial charge in [0.05, 0.1) is 12.8 Å². The van der Waals surface area contributed by atoms with Crippen LogP contribution in [0.15, 0.2) is 24.3 Å². The van der Waals surface area contributed by atoms with Crippen molar-refractivity contribution in [1.82, 2.24) is 10.2 Å². The minimum Gasteiger partial charge on any atom is -0.497 e. The Morgan fingerprint density at radius 3 is 2.59 bits per heavy atom. The fraction of sp³-hybridized carbons (Fsp3) is 0.250. The van der Waals surface area contributed by atoms with Gasteiger partial charge in [0.2, 0.25) is 0 Å². The molecule has 0 fully saturated rings. The van der Waals surface area contributed by atoms with Crippen LogP contribution in [0.4, 0.5) is 11.5 Å². The van der Waals surface area contributed by atoms with Crippen LogP contribution in [0.1, 0.15) is 0 Å². The maximum atomic E-state index is 5.63. The van der Waals surface area contributed by atoms with Crippen LogP contribution in [0.5, 0.6) is 5.75 Å². The van der Waals surface area contributed by atoms with Crippen molar-refractivity contribution < 1.29 is 4.74 Å². The van der Waals surface area contributed by atoms with Gasteiger partial charge in [0.1, 0.15) is 11.6 Å². The molecule has 0 bridgehead atoms. The van der Waals surface area contributed by atoms with E-state index in [1.165, 1.54) is 0 Å². The average Bonchev–Trinajstić information content (AvgIpc) is 2.75. The predicted molar refractivity (Wildman–Crippen MR) is 69.3 cm³/mol. The van der Waals surface area contributed by atoms with E-state index >= 15 is 0 Å². The summed E-state index contributed by atoms with van der Waals surface area (Å²) in [6, 6.07) is 7.70. The number of ether oxygens (including phenoxy) is 1. The highest BCUT2D eigenvalue weighted by Crippen LogP contribution is 2.32. The van der Waals surface area contributed by atoms with Gasteiger partial charge in [-0.15, -0.1) is 0 Å². The number of nitrogens with one attached hydrogen (secondary N) is 1. The van der Waals surface area contributed by atoms with Crippen molar-refractivity contribution in [3.05, 3.63) is 24.3 Å². The quantitative estimate of drug-likeness (QED) is 0.845. The summed E-state index contributed by atoms with van der Waals surface area (Å²) in [4.78, 5) is 2.03. The van der Waals surface area contributed by atoms with Crippen LogP contribution < -0.4 is 15.4 Å². The fourth-order valence-corrected chi connectivity index (χ4v) is 1.72. The molecule has 0 amide bonds. The van der Waals surface area contributed by atoms with Crippen molar-refractivity contribution in [3.63, 3.8) is 0 Å². The third-order valence-corrected chi connectivity index (χ3v) is 2.57. The van der Waals surface area contributed by atoms with Crippen molar-refractivity contribution in [2.45, 2.75) is 0 Å². The third kappa shape index (κ3) is 2.18. The van der Waals surface area contributed by atoms with Gasteiger partial charge in [-0.1, -0.05) is 0 Å². The molecule has 1 aromatic carbocycles. The number of nitrogens with zero attached hydrogens (tertiary/aromatic N) is 2. The van der Waals surface area contributed by atoms with E-state index in [0.717, 1.165) is 22.7 Å². The smallest absolute Gasteiger partial charge is 0.145 e. The Morgan fingerprint density at radius 1 is 1.29 bits per heavy atom. The van der Waals surface area contributed by atoms with Crippen molar-refractivity contribution in [1.29, 1.82) is 0 Å². The molecular formula is C12H16N4O. The lowest BCUT2D eigenvalue weighted by atomic mass is 10.1. The number of methoxy groups -OCH3 is 1. The second-order valence-corrected chi connectivity index (χ2v) is 3.98. The summed E-state index contributed by atoms with van der Waals surface area (Å²) in [5, 5.41) is 6.85. The second-order valence-electron chi connectivity index (χ2n) is 3.98. The molecular weight excluding hydrogens is 216 g/mol. The lowest BCUT2D eigenvalue weighted by molar-refractivity contribution is 0.415. The molecule has 2 rings (SSSR count). The molecule has 5 nitrogen and oxygen atoms in total.